The molecule has 0 spiro atoms. The number of rotatable bonds is 7. The molecular weight excluding hydrogens is 388 g/mol. The molecule has 1 heterocycles. The van der Waals surface area contributed by atoms with E-state index < -0.39 is 6.04 Å². The van der Waals surface area contributed by atoms with E-state index in [1.54, 1.807) is 25.1 Å². The third-order valence-electron chi connectivity index (χ3n) is 4.53. The molecule has 0 fully saturated rings. The van der Waals surface area contributed by atoms with Gasteiger partial charge in [-0.25, -0.2) is 0 Å². The second-order valence-electron chi connectivity index (χ2n) is 6.68. The zero-order valence-electron chi connectivity index (χ0n) is 16.0. The molecule has 7 nitrogen and oxygen atoms in total. The molecule has 3 N–H and O–H groups in total. The Bertz CT molecular complexity index is 1140. The number of carbonyl (C=O) groups is 2. The van der Waals surface area contributed by atoms with Crippen LogP contribution in [0.5, 0.6) is 0 Å². The van der Waals surface area contributed by atoms with Crippen LogP contribution in [0.4, 0.5) is 0 Å². The SMILES string of the molecule is CC(NC(=O)CCn1c(=S)[nH]c2ccccc2c1=O)C(=O)NCc1ccccc1. The van der Waals surface area contributed by atoms with E-state index in [0.29, 0.717) is 17.4 Å². The summed E-state index contributed by atoms with van der Waals surface area (Å²) in [4.78, 5) is 40.0. The Kier molecular flexibility index (Phi) is 6.56. The predicted molar refractivity (Wildman–Crippen MR) is 114 cm³/mol. The molecular formula is C21H22N4O3S. The van der Waals surface area contributed by atoms with Gasteiger partial charge in [-0.2, -0.15) is 0 Å². The molecule has 0 saturated carbocycles. The Morgan fingerprint density at radius 2 is 1.79 bits per heavy atom. The Balaban J connectivity index is 1.56. The summed E-state index contributed by atoms with van der Waals surface area (Å²) < 4.78 is 1.62. The van der Waals surface area contributed by atoms with Crippen molar-refractivity contribution in [1.29, 1.82) is 0 Å². The molecule has 0 aliphatic carbocycles. The summed E-state index contributed by atoms with van der Waals surface area (Å²) in [6.07, 6.45) is 0.0338. The molecule has 1 aromatic heterocycles. The van der Waals surface area contributed by atoms with Gasteiger partial charge in [-0.1, -0.05) is 42.5 Å². The Morgan fingerprint density at radius 3 is 2.55 bits per heavy atom. The number of amides is 2. The molecule has 0 saturated heterocycles. The average Bonchev–Trinajstić information content (AvgIpc) is 2.72. The minimum Gasteiger partial charge on any atom is -0.350 e. The highest BCUT2D eigenvalue weighted by Gasteiger charge is 2.15. The van der Waals surface area contributed by atoms with Gasteiger partial charge in [-0.05, 0) is 36.8 Å². The highest BCUT2D eigenvalue weighted by molar-refractivity contribution is 7.71. The molecule has 0 aliphatic heterocycles. The van der Waals surface area contributed by atoms with Crippen LogP contribution in [-0.2, 0) is 22.7 Å². The number of aromatic nitrogens is 2. The number of aromatic amines is 1. The minimum atomic E-state index is -0.686. The lowest BCUT2D eigenvalue weighted by molar-refractivity contribution is -0.128. The number of hydrogen-bond donors (Lipinski definition) is 3. The van der Waals surface area contributed by atoms with Gasteiger partial charge in [-0.3, -0.25) is 19.0 Å². The second-order valence-corrected chi connectivity index (χ2v) is 7.06. The zero-order chi connectivity index (χ0) is 20.8. The van der Waals surface area contributed by atoms with Crippen molar-refractivity contribution in [3.05, 3.63) is 75.3 Å². The molecule has 3 aromatic rings. The van der Waals surface area contributed by atoms with Gasteiger partial charge >= 0.3 is 0 Å². The Morgan fingerprint density at radius 1 is 1.10 bits per heavy atom. The second kappa shape index (κ2) is 9.29. The number of hydrogen-bond acceptors (Lipinski definition) is 4. The minimum absolute atomic E-state index is 0.0338. The van der Waals surface area contributed by atoms with Crippen LogP contribution in [0.2, 0.25) is 0 Å². The summed E-state index contributed by atoms with van der Waals surface area (Å²) in [7, 11) is 0. The zero-order valence-corrected chi connectivity index (χ0v) is 16.8. The number of nitrogens with zero attached hydrogens (tertiary/aromatic N) is 1. The standard InChI is InChI=1S/C21H22N4O3S/c1-14(19(27)22-13-15-7-3-2-4-8-15)23-18(26)11-12-25-20(28)16-9-5-6-10-17(16)24-21(25)29/h2-10,14H,11-13H2,1H3,(H,22,27)(H,23,26)(H,24,29). The molecule has 29 heavy (non-hydrogen) atoms. The molecule has 1 unspecified atom stereocenters. The summed E-state index contributed by atoms with van der Waals surface area (Å²) in [5.41, 5.74) is 1.39. The summed E-state index contributed by atoms with van der Waals surface area (Å²) >= 11 is 5.24. The van der Waals surface area contributed by atoms with Gasteiger partial charge in [0.25, 0.3) is 5.56 Å². The van der Waals surface area contributed by atoms with Crippen LogP contribution in [0.1, 0.15) is 18.9 Å². The first kappa shape index (κ1) is 20.5. The van der Waals surface area contributed by atoms with Crippen LogP contribution >= 0.6 is 12.2 Å². The highest BCUT2D eigenvalue weighted by atomic mass is 32.1. The van der Waals surface area contributed by atoms with E-state index in [9.17, 15) is 14.4 Å². The van der Waals surface area contributed by atoms with E-state index in [1.165, 1.54) is 4.57 Å². The maximum absolute atomic E-state index is 12.6. The van der Waals surface area contributed by atoms with Crippen molar-refractivity contribution in [3.8, 4) is 0 Å². The van der Waals surface area contributed by atoms with Crippen LogP contribution in [0, 0.1) is 4.77 Å². The van der Waals surface area contributed by atoms with Crippen LogP contribution < -0.4 is 16.2 Å². The summed E-state index contributed by atoms with van der Waals surface area (Å²) in [5, 5.41) is 5.95. The number of nitrogens with one attached hydrogen (secondary N) is 3. The maximum Gasteiger partial charge on any atom is 0.262 e. The van der Waals surface area contributed by atoms with E-state index in [-0.39, 0.29) is 35.1 Å². The molecule has 0 bridgehead atoms. The van der Waals surface area contributed by atoms with Crippen LogP contribution in [0.15, 0.2) is 59.4 Å². The van der Waals surface area contributed by atoms with E-state index in [2.05, 4.69) is 15.6 Å². The smallest absolute Gasteiger partial charge is 0.262 e. The first-order valence-corrected chi connectivity index (χ1v) is 9.69. The highest BCUT2D eigenvalue weighted by Crippen LogP contribution is 2.06. The monoisotopic (exact) mass is 410 g/mol. The van der Waals surface area contributed by atoms with E-state index in [0.717, 1.165) is 5.56 Å². The summed E-state index contributed by atoms with van der Waals surface area (Å²) in [5.74, 6) is -0.607. The van der Waals surface area contributed by atoms with Gasteiger partial charge in [0.05, 0.1) is 10.9 Å². The van der Waals surface area contributed by atoms with Crippen molar-refractivity contribution in [1.82, 2.24) is 20.2 Å². The Labute approximate surface area is 172 Å². The fourth-order valence-electron chi connectivity index (χ4n) is 2.93. The van der Waals surface area contributed by atoms with Crippen LogP contribution in [0.25, 0.3) is 10.9 Å². The van der Waals surface area contributed by atoms with Crippen LogP contribution in [-0.4, -0.2) is 27.4 Å². The van der Waals surface area contributed by atoms with E-state index >= 15 is 0 Å². The lowest BCUT2D eigenvalue weighted by atomic mass is 10.2. The van der Waals surface area contributed by atoms with Gasteiger partial charge < -0.3 is 15.6 Å². The van der Waals surface area contributed by atoms with Crippen molar-refractivity contribution < 1.29 is 9.59 Å². The van der Waals surface area contributed by atoms with E-state index in [4.69, 9.17) is 12.2 Å². The first-order chi connectivity index (χ1) is 14.0. The number of carbonyl (C=O) groups excluding carboxylic acids is 2. The number of fused-ring (bicyclic) bond motifs is 1. The third-order valence-corrected chi connectivity index (χ3v) is 4.85. The lowest BCUT2D eigenvalue weighted by Gasteiger charge is -2.14. The topological polar surface area (TPSA) is 96.0 Å². The summed E-state index contributed by atoms with van der Waals surface area (Å²) in [6.45, 7) is 2.14. The normalized spacial score (nSPS) is 11.8. The fourth-order valence-corrected chi connectivity index (χ4v) is 3.22. The molecule has 1 atom stereocenters. The molecule has 2 amide bonds. The lowest BCUT2D eigenvalue weighted by Crippen LogP contribution is -2.44. The molecule has 2 aromatic carbocycles. The Hall–Kier alpha value is -3.26. The van der Waals surface area contributed by atoms with Gasteiger partial charge in [0, 0.05) is 19.5 Å². The quantitative estimate of drug-likeness (QED) is 0.521. The fraction of sp³-hybridized carbons (Fsp3) is 0.238. The largest absolute Gasteiger partial charge is 0.350 e. The van der Waals surface area contributed by atoms with Gasteiger partial charge in [-0.15, -0.1) is 0 Å². The molecule has 0 aliphatic rings. The van der Waals surface area contributed by atoms with Crippen LogP contribution in [0.3, 0.4) is 0 Å². The van der Waals surface area contributed by atoms with Crippen molar-refractivity contribution in [2.45, 2.75) is 32.5 Å². The maximum atomic E-state index is 12.6. The van der Waals surface area contributed by atoms with Gasteiger partial charge in [0.1, 0.15) is 6.04 Å². The molecule has 8 heteroatoms. The number of H-pyrrole nitrogens is 1. The first-order valence-electron chi connectivity index (χ1n) is 9.28. The average molecular weight is 410 g/mol. The van der Waals surface area contributed by atoms with Crippen molar-refractivity contribution in [3.63, 3.8) is 0 Å². The predicted octanol–water partition coefficient (Wildman–Crippen LogP) is 2.27. The van der Waals surface area contributed by atoms with Crippen molar-refractivity contribution in [2.24, 2.45) is 0 Å². The van der Waals surface area contributed by atoms with Crippen molar-refractivity contribution in [2.75, 3.05) is 0 Å². The number of para-hydroxylation sites is 1. The van der Waals surface area contributed by atoms with E-state index in [1.807, 2.05) is 36.4 Å². The summed E-state index contributed by atoms with van der Waals surface area (Å²) in [6, 6.07) is 15.9. The van der Waals surface area contributed by atoms with Gasteiger partial charge in [0.2, 0.25) is 11.8 Å². The van der Waals surface area contributed by atoms with Crippen molar-refractivity contribution >= 4 is 34.9 Å². The third kappa shape index (κ3) is 5.17. The molecule has 0 radical (unpaired) electrons. The molecule has 150 valence electrons. The van der Waals surface area contributed by atoms with Gasteiger partial charge in [0.15, 0.2) is 4.77 Å². The number of benzene rings is 2. The molecule has 3 rings (SSSR count).